The standard InChI is InChI=1S/C21H22N2O3/c1-25-17-9-7-8-16(14-17)19(23-12-5-6-13-23)15-21(24)22-18-10-3-4-11-20(18)26-2/h3-14,19H,15H2,1-2H3,(H,22,24)/t19-/m1/s1. The predicted octanol–water partition coefficient (Wildman–Crippen LogP) is 4.12. The van der Waals surface area contributed by atoms with E-state index in [0.29, 0.717) is 17.9 Å². The van der Waals surface area contributed by atoms with Crippen molar-refractivity contribution >= 4 is 11.6 Å². The largest absolute Gasteiger partial charge is 0.497 e. The first-order valence-corrected chi connectivity index (χ1v) is 8.40. The molecule has 0 aliphatic heterocycles. The lowest BCUT2D eigenvalue weighted by Crippen LogP contribution is -2.20. The molecular weight excluding hydrogens is 328 g/mol. The third kappa shape index (κ3) is 4.06. The molecule has 0 unspecified atom stereocenters. The molecule has 0 spiro atoms. The summed E-state index contributed by atoms with van der Waals surface area (Å²) in [6, 6.07) is 18.9. The summed E-state index contributed by atoms with van der Waals surface area (Å²) < 4.78 is 12.7. The number of para-hydroxylation sites is 2. The highest BCUT2D eigenvalue weighted by atomic mass is 16.5. The predicted molar refractivity (Wildman–Crippen MR) is 102 cm³/mol. The van der Waals surface area contributed by atoms with E-state index >= 15 is 0 Å². The number of aromatic nitrogens is 1. The quantitative estimate of drug-likeness (QED) is 0.697. The van der Waals surface area contributed by atoms with Gasteiger partial charge in [0.15, 0.2) is 0 Å². The summed E-state index contributed by atoms with van der Waals surface area (Å²) in [7, 11) is 3.22. The fraction of sp³-hybridized carbons (Fsp3) is 0.190. The van der Waals surface area contributed by atoms with Crippen molar-refractivity contribution in [2.75, 3.05) is 19.5 Å². The third-order valence-electron chi connectivity index (χ3n) is 4.23. The summed E-state index contributed by atoms with van der Waals surface area (Å²) in [6.07, 6.45) is 4.21. The number of amides is 1. The number of carbonyl (C=O) groups is 1. The molecule has 134 valence electrons. The second-order valence-corrected chi connectivity index (χ2v) is 5.88. The van der Waals surface area contributed by atoms with Gasteiger partial charge in [-0.1, -0.05) is 24.3 Å². The zero-order valence-corrected chi connectivity index (χ0v) is 14.9. The van der Waals surface area contributed by atoms with E-state index in [9.17, 15) is 4.79 Å². The number of hydrogen-bond acceptors (Lipinski definition) is 3. The fourth-order valence-corrected chi connectivity index (χ4v) is 2.92. The van der Waals surface area contributed by atoms with Gasteiger partial charge in [0.05, 0.1) is 32.4 Å². The molecule has 0 saturated carbocycles. The van der Waals surface area contributed by atoms with Gasteiger partial charge in [0.2, 0.25) is 5.91 Å². The Labute approximate surface area is 153 Å². The van der Waals surface area contributed by atoms with E-state index in [2.05, 4.69) is 5.32 Å². The van der Waals surface area contributed by atoms with Crippen LogP contribution in [0.25, 0.3) is 0 Å². The van der Waals surface area contributed by atoms with Crippen molar-refractivity contribution in [2.45, 2.75) is 12.5 Å². The molecule has 1 aromatic heterocycles. The second-order valence-electron chi connectivity index (χ2n) is 5.88. The number of nitrogens with one attached hydrogen (secondary N) is 1. The lowest BCUT2D eigenvalue weighted by Gasteiger charge is -2.20. The Morgan fingerprint density at radius 3 is 2.50 bits per heavy atom. The van der Waals surface area contributed by atoms with E-state index in [0.717, 1.165) is 11.3 Å². The molecule has 3 aromatic rings. The molecule has 0 saturated heterocycles. The van der Waals surface area contributed by atoms with E-state index in [4.69, 9.17) is 9.47 Å². The SMILES string of the molecule is COc1cccc([C@@H](CC(=O)Nc2ccccc2OC)n2cccc2)c1. The molecule has 0 aliphatic rings. The van der Waals surface area contributed by atoms with Crippen LogP contribution in [0, 0.1) is 0 Å². The minimum absolute atomic E-state index is 0.0870. The van der Waals surface area contributed by atoms with Crippen molar-refractivity contribution in [1.82, 2.24) is 4.57 Å². The van der Waals surface area contributed by atoms with E-state index in [-0.39, 0.29) is 11.9 Å². The molecule has 1 amide bonds. The van der Waals surface area contributed by atoms with Gasteiger partial charge in [-0.3, -0.25) is 4.79 Å². The van der Waals surface area contributed by atoms with Gasteiger partial charge < -0.3 is 19.4 Å². The zero-order valence-electron chi connectivity index (χ0n) is 14.9. The van der Waals surface area contributed by atoms with Crippen molar-refractivity contribution in [1.29, 1.82) is 0 Å². The molecule has 5 heteroatoms. The van der Waals surface area contributed by atoms with Gasteiger partial charge in [0, 0.05) is 12.4 Å². The van der Waals surface area contributed by atoms with Crippen LogP contribution in [-0.2, 0) is 4.79 Å². The van der Waals surface area contributed by atoms with Crippen LogP contribution in [0.2, 0.25) is 0 Å². The molecular formula is C21H22N2O3. The Kier molecular flexibility index (Phi) is 5.59. The minimum Gasteiger partial charge on any atom is -0.497 e. The van der Waals surface area contributed by atoms with Gasteiger partial charge in [-0.15, -0.1) is 0 Å². The Hall–Kier alpha value is -3.21. The first-order valence-electron chi connectivity index (χ1n) is 8.40. The summed E-state index contributed by atoms with van der Waals surface area (Å²) in [5, 5.41) is 2.94. The minimum atomic E-state index is -0.130. The Morgan fingerprint density at radius 1 is 1.00 bits per heavy atom. The van der Waals surface area contributed by atoms with E-state index in [1.165, 1.54) is 0 Å². The molecule has 26 heavy (non-hydrogen) atoms. The number of nitrogens with zero attached hydrogens (tertiary/aromatic N) is 1. The van der Waals surface area contributed by atoms with Crippen LogP contribution in [-0.4, -0.2) is 24.7 Å². The first-order chi connectivity index (χ1) is 12.7. The third-order valence-corrected chi connectivity index (χ3v) is 4.23. The van der Waals surface area contributed by atoms with Crippen molar-refractivity contribution < 1.29 is 14.3 Å². The number of rotatable bonds is 7. The average molecular weight is 350 g/mol. The van der Waals surface area contributed by atoms with Gasteiger partial charge in [-0.2, -0.15) is 0 Å². The van der Waals surface area contributed by atoms with Crippen LogP contribution in [0.3, 0.4) is 0 Å². The molecule has 1 atom stereocenters. The monoisotopic (exact) mass is 350 g/mol. The lowest BCUT2D eigenvalue weighted by atomic mass is 10.0. The van der Waals surface area contributed by atoms with Gasteiger partial charge in [-0.25, -0.2) is 0 Å². The molecule has 1 heterocycles. The van der Waals surface area contributed by atoms with Crippen molar-refractivity contribution in [3.63, 3.8) is 0 Å². The summed E-state index contributed by atoms with van der Waals surface area (Å²) >= 11 is 0. The highest BCUT2D eigenvalue weighted by molar-refractivity contribution is 5.92. The molecule has 0 aliphatic carbocycles. The summed E-state index contributed by atoms with van der Waals surface area (Å²) in [5.41, 5.74) is 1.67. The maximum absolute atomic E-state index is 12.7. The number of benzene rings is 2. The van der Waals surface area contributed by atoms with E-state index in [1.807, 2.05) is 77.6 Å². The van der Waals surface area contributed by atoms with Crippen LogP contribution in [0.15, 0.2) is 73.1 Å². The van der Waals surface area contributed by atoms with Crippen molar-refractivity contribution in [2.24, 2.45) is 0 Å². The van der Waals surface area contributed by atoms with Crippen molar-refractivity contribution in [3.05, 3.63) is 78.6 Å². The number of methoxy groups -OCH3 is 2. The average Bonchev–Trinajstić information content (AvgIpc) is 3.21. The summed E-state index contributed by atoms with van der Waals surface area (Å²) in [4.78, 5) is 12.7. The number of ether oxygens (including phenoxy) is 2. The highest BCUT2D eigenvalue weighted by Gasteiger charge is 2.19. The van der Waals surface area contributed by atoms with Gasteiger partial charge >= 0.3 is 0 Å². The first kappa shape index (κ1) is 17.6. The topological polar surface area (TPSA) is 52.5 Å². The van der Waals surface area contributed by atoms with Crippen LogP contribution >= 0.6 is 0 Å². The van der Waals surface area contributed by atoms with Crippen molar-refractivity contribution in [3.8, 4) is 11.5 Å². The van der Waals surface area contributed by atoms with Gasteiger partial charge in [-0.05, 0) is 42.0 Å². The summed E-state index contributed by atoms with van der Waals surface area (Å²) in [6.45, 7) is 0. The highest BCUT2D eigenvalue weighted by Crippen LogP contribution is 2.28. The Morgan fingerprint density at radius 2 is 1.77 bits per heavy atom. The zero-order chi connectivity index (χ0) is 18.4. The Balaban J connectivity index is 1.83. The lowest BCUT2D eigenvalue weighted by molar-refractivity contribution is -0.116. The number of carbonyl (C=O) groups excluding carboxylic acids is 1. The molecule has 0 fully saturated rings. The number of anilines is 1. The van der Waals surface area contributed by atoms with E-state index in [1.54, 1.807) is 14.2 Å². The molecule has 0 bridgehead atoms. The molecule has 1 N–H and O–H groups in total. The Bertz CT molecular complexity index is 859. The second kappa shape index (κ2) is 8.25. The van der Waals surface area contributed by atoms with Crippen LogP contribution in [0.5, 0.6) is 11.5 Å². The maximum atomic E-state index is 12.7. The molecule has 0 radical (unpaired) electrons. The van der Waals surface area contributed by atoms with Crippen LogP contribution in [0.4, 0.5) is 5.69 Å². The maximum Gasteiger partial charge on any atom is 0.226 e. The fourth-order valence-electron chi connectivity index (χ4n) is 2.92. The van der Waals surface area contributed by atoms with Gasteiger partial charge in [0.1, 0.15) is 11.5 Å². The number of hydrogen-bond donors (Lipinski definition) is 1. The normalized spacial score (nSPS) is 11.6. The summed E-state index contributed by atoms with van der Waals surface area (Å²) in [5.74, 6) is 1.32. The molecule has 2 aromatic carbocycles. The van der Waals surface area contributed by atoms with Crippen LogP contribution < -0.4 is 14.8 Å². The van der Waals surface area contributed by atoms with Gasteiger partial charge in [0.25, 0.3) is 0 Å². The van der Waals surface area contributed by atoms with Crippen LogP contribution in [0.1, 0.15) is 18.0 Å². The van der Waals surface area contributed by atoms with E-state index < -0.39 is 0 Å². The molecule has 3 rings (SSSR count). The molecule has 5 nitrogen and oxygen atoms in total. The smallest absolute Gasteiger partial charge is 0.226 e.